The third-order valence-corrected chi connectivity index (χ3v) is 2.14. The molecule has 0 aliphatic carbocycles. The molecule has 0 bridgehead atoms. The van der Waals surface area contributed by atoms with E-state index in [-0.39, 0.29) is 0 Å². The second kappa shape index (κ2) is 5.36. The van der Waals surface area contributed by atoms with Crippen LogP contribution in [-0.4, -0.2) is 17.1 Å². The van der Waals surface area contributed by atoms with Gasteiger partial charge in [0.1, 0.15) is 12.1 Å². The average molecular weight is 233 g/mol. The molecule has 0 spiro atoms. The summed E-state index contributed by atoms with van der Waals surface area (Å²) in [5.41, 5.74) is 1.87. The van der Waals surface area contributed by atoms with Crippen molar-refractivity contribution < 1.29 is 9.13 Å². The minimum atomic E-state index is -0.560. The van der Waals surface area contributed by atoms with Gasteiger partial charge in [0.2, 0.25) is 5.95 Å². The Morgan fingerprint density at radius 2 is 2.18 bits per heavy atom. The van der Waals surface area contributed by atoms with Gasteiger partial charge in [0, 0.05) is 18.9 Å². The van der Waals surface area contributed by atoms with Crippen molar-refractivity contribution in [2.75, 3.05) is 12.4 Å². The number of ether oxygens (including phenoxy) is 1. The Bertz CT molecular complexity index is 505. The number of benzene rings is 1. The number of halogens is 1. The Morgan fingerprint density at radius 1 is 1.29 bits per heavy atom. The van der Waals surface area contributed by atoms with Crippen molar-refractivity contribution in [2.24, 2.45) is 0 Å². The second-order valence-corrected chi connectivity index (χ2v) is 3.48. The molecule has 1 N–H and O–H groups in total. The highest BCUT2D eigenvalue weighted by Crippen LogP contribution is 2.16. The normalized spacial score (nSPS) is 10.2. The van der Waals surface area contributed by atoms with Crippen LogP contribution in [0.1, 0.15) is 5.56 Å². The van der Waals surface area contributed by atoms with Crippen molar-refractivity contribution in [1.82, 2.24) is 9.97 Å². The van der Waals surface area contributed by atoms with E-state index in [9.17, 15) is 4.39 Å². The lowest BCUT2D eigenvalue weighted by Gasteiger charge is -2.07. The van der Waals surface area contributed by atoms with Gasteiger partial charge in [-0.2, -0.15) is 4.39 Å². The van der Waals surface area contributed by atoms with Crippen LogP contribution in [0.15, 0.2) is 36.7 Å². The maximum absolute atomic E-state index is 12.9. The second-order valence-electron chi connectivity index (χ2n) is 3.48. The van der Waals surface area contributed by atoms with E-state index < -0.39 is 5.95 Å². The molecule has 0 saturated heterocycles. The highest BCUT2D eigenvalue weighted by molar-refractivity contribution is 5.56. The number of hydrogen-bond donors (Lipinski definition) is 1. The zero-order chi connectivity index (χ0) is 12.1. The molecule has 0 saturated carbocycles. The van der Waals surface area contributed by atoms with Crippen LogP contribution in [0.2, 0.25) is 0 Å². The third kappa shape index (κ3) is 3.22. The summed E-state index contributed by atoms with van der Waals surface area (Å²) in [4.78, 5) is 7.31. The van der Waals surface area contributed by atoms with E-state index in [4.69, 9.17) is 4.74 Å². The molecule has 2 aromatic rings. The van der Waals surface area contributed by atoms with Crippen LogP contribution in [0.3, 0.4) is 0 Å². The van der Waals surface area contributed by atoms with E-state index in [1.54, 1.807) is 7.11 Å². The van der Waals surface area contributed by atoms with E-state index in [0.717, 1.165) is 11.3 Å². The highest BCUT2D eigenvalue weighted by atomic mass is 19.1. The van der Waals surface area contributed by atoms with Gasteiger partial charge in [-0.25, -0.2) is 9.97 Å². The Labute approximate surface area is 98.5 Å². The standard InChI is InChI=1S/C12H12FN3O/c1-17-7-9-3-2-4-10(5-9)16-12-6-11(13)14-8-15-12/h2-6,8H,7H2,1H3,(H,14,15,16). The zero-order valence-electron chi connectivity index (χ0n) is 9.35. The molecule has 5 heteroatoms. The quantitative estimate of drug-likeness (QED) is 0.824. The summed E-state index contributed by atoms with van der Waals surface area (Å²) < 4.78 is 17.9. The summed E-state index contributed by atoms with van der Waals surface area (Å²) in [6.45, 7) is 0.535. The number of hydrogen-bond acceptors (Lipinski definition) is 4. The van der Waals surface area contributed by atoms with E-state index in [2.05, 4.69) is 15.3 Å². The Balaban J connectivity index is 2.15. The van der Waals surface area contributed by atoms with Crippen molar-refractivity contribution >= 4 is 11.5 Å². The van der Waals surface area contributed by atoms with Gasteiger partial charge in [-0.1, -0.05) is 12.1 Å². The number of nitrogens with one attached hydrogen (secondary N) is 1. The van der Waals surface area contributed by atoms with Gasteiger partial charge in [0.15, 0.2) is 0 Å². The van der Waals surface area contributed by atoms with Crippen LogP contribution in [0.5, 0.6) is 0 Å². The fraction of sp³-hybridized carbons (Fsp3) is 0.167. The Morgan fingerprint density at radius 3 is 2.94 bits per heavy atom. The van der Waals surface area contributed by atoms with Crippen molar-refractivity contribution in [1.29, 1.82) is 0 Å². The molecule has 88 valence electrons. The third-order valence-electron chi connectivity index (χ3n) is 2.14. The SMILES string of the molecule is COCc1cccc(Nc2cc(F)ncn2)c1. The van der Waals surface area contributed by atoms with E-state index in [0.29, 0.717) is 12.4 Å². The first kappa shape index (κ1) is 11.5. The van der Waals surface area contributed by atoms with Crippen LogP contribution >= 0.6 is 0 Å². The summed E-state index contributed by atoms with van der Waals surface area (Å²) in [6, 6.07) is 8.88. The fourth-order valence-electron chi connectivity index (χ4n) is 1.46. The molecule has 1 heterocycles. The van der Waals surface area contributed by atoms with E-state index >= 15 is 0 Å². The average Bonchev–Trinajstić information content (AvgIpc) is 2.30. The van der Waals surface area contributed by atoms with Crippen LogP contribution in [-0.2, 0) is 11.3 Å². The lowest BCUT2D eigenvalue weighted by molar-refractivity contribution is 0.185. The molecule has 0 atom stereocenters. The van der Waals surface area contributed by atoms with Crippen LogP contribution in [0.25, 0.3) is 0 Å². The summed E-state index contributed by atoms with van der Waals surface area (Å²) in [5.74, 6) is -0.136. The minimum Gasteiger partial charge on any atom is -0.380 e. The molecule has 0 unspecified atom stereocenters. The van der Waals surface area contributed by atoms with E-state index in [1.807, 2.05) is 24.3 Å². The van der Waals surface area contributed by atoms with Crippen LogP contribution in [0.4, 0.5) is 15.9 Å². The summed E-state index contributed by atoms with van der Waals surface area (Å²) in [5, 5.41) is 3.00. The lowest BCUT2D eigenvalue weighted by Crippen LogP contribution is -1.96. The molecule has 0 aliphatic heterocycles. The van der Waals surface area contributed by atoms with Gasteiger partial charge < -0.3 is 10.1 Å². The van der Waals surface area contributed by atoms with Gasteiger partial charge in [-0.05, 0) is 17.7 Å². The van der Waals surface area contributed by atoms with Crippen LogP contribution < -0.4 is 5.32 Å². The monoisotopic (exact) mass is 233 g/mol. The lowest BCUT2D eigenvalue weighted by atomic mass is 10.2. The molecule has 0 aliphatic rings. The fourth-order valence-corrected chi connectivity index (χ4v) is 1.46. The molecule has 1 aromatic heterocycles. The first-order valence-electron chi connectivity index (χ1n) is 5.10. The Kier molecular flexibility index (Phi) is 3.62. The first-order valence-corrected chi connectivity index (χ1v) is 5.10. The largest absolute Gasteiger partial charge is 0.380 e. The van der Waals surface area contributed by atoms with Crippen molar-refractivity contribution in [3.05, 3.63) is 48.2 Å². The van der Waals surface area contributed by atoms with Gasteiger partial charge in [0.05, 0.1) is 6.61 Å². The number of methoxy groups -OCH3 is 1. The summed E-state index contributed by atoms with van der Waals surface area (Å²) in [7, 11) is 1.64. The molecular weight excluding hydrogens is 221 g/mol. The topological polar surface area (TPSA) is 47.0 Å². The highest BCUT2D eigenvalue weighted by Gasteiger charge is 1.99. The summed E-state index contributed by atoms with van der Waals surface area (Å²) in [6.07, 6.45) is 1.18. The zero-order valence-corrected chi connectivity index (χ0v) is 9.35. The molecule has 0 amide bonds. The molecular formula is C12H12FN3O. The molecule has 17 heavy (non-hydrogen) atoms. The maximum Gasteiger partial charge on any atom is 0.218 e. The first-order chi connectivity index (χ1) is 8.28. The van der Waals surface area contributed by atoms with Gasteiger partial charge in [-0.3, -0.25) is 0 Å². The number of rotatable bonds is 4. The van der Waals surface area contributed by atoms with Crippen molar-refractivity contribution in [3.8, 4) is 0 Å². The molecule has 0 radical (unpaired) electrons. The predicted octanol–water partition coefficient (Wildman–Crippen LogP) is 2.51. The van der Waals surface area contributed by atoms with Gasteiger partial charge in [0.25, 0.3) is 0 Å². The summed E-state index contributed by atoms with van der Waals surface area (Å²) >= 11 is 0. The molecule has 2 rings (SSSR count). The maximum atomic E-state index is 12.9. The van der Waals surface area contributed by atoms with Crippen molar-refractivity contribution in [2.45, 2.75) is 6.61 Å². The minimum absolute atomic E-state index is 0.423. The predicted molar refractivity (Wildman–Crippen MR) is 62.4 cm³/mol. The Hall–Kier alpha value is -2.01. The van der Waals surface area contributed by atoms with Gasteiger partial charge in [-0.15, -0.1) is 0 Å². The molecule has 1 aromatic carbocycles. The van der Waals surface area contributed by atoms with E-state index in [1.165, 1.54) is 12.4 Å². The molecule has 4 nitrogen and oxygen atoms in total. The van der Waals surface area contributed by atoms with Crippen LogP contribution in [0, 0.1) is 5.95 Å². The van der Waals surface area contributed by atoms with Crippen molar-refractivity contribution in [3.63, 3.8) is 0 Å². The smallest absolute Gasteiger partial charge is 0.218 e. The number of aromatic nitrogens is 2. The molecule has 0 fully saturated rings. The number of nitrogens with zero attached hydrogens (tertiary/aromatic N) is 2. The number of anilines is 2. The van der Waals surface area contributed by atoms with Gasteiger partial charge >= 0.3 is 0 Å².